The Labute approximate surface area is 136 Å². The minimum Gasteiger partial charge on any atom is -0.497 e. The van der Waals surface area contributed by atoms with Gasteiger partial charge in [0, 0.05) is 5.56 Å². The summed E-state index contributed by atoms with van der Waals surface area (Å²) in [5, 5.41) is 0.702. The highest BCUT2D eigenvalue weighted by Gasteiger charge is 2.20. The summed E-state index contributed by atoms with van der Waals surface area (Å²) in [6.07, 6.45) is 0. The quantitative estimate of drug-likeness (QED) is 0.743. The number of thiophene rings is 1. The summed E-state index contributed by atoms with van der Waals surface area (Å²) < 4.78 is 9.91. The number of fused-ring (bicyclic) bond motifs is 1. The van der Waals surface area contributed by atoms with Crippen LogP contribution in [0, 0.1) is 6.92 Å². The fourth-order valence-corrected chi connectivity index (χ4v) is 3.37. The van der Waals surface area contributed by atoms with Crippen LogP contribution in [0.4, 0.5) is 5.69 Å². The summed E-state index contributed by atoms with van der Waals surface area (Å²) in [6, 6.07) is 7.47. The number of carbonyl (C=O) groups excluding carboxylic acids is 1. The van der Waals surface area contributed by atoms with Gasteiger partial charge >= 0.3 is 5.97 Å². The molecule has 7 heteroatoms. The zero-order valence-electron chi connectivity index (χ0n) is 12.9. The van der Waals surface area contributed by atoms with E-state index in [0.29, 0.717) is 26.6 Å². The van der Waals surface area contributed by atoms with Crippen LogP contribution < -0.4 is 10.5 Å². The fourth-order valence-electron chi connectivity index (χ4n) is 2.31. The van der Waals surface area contributed by atoms with Gasteiger partial charge in [-0.2, -0.15) is 0 Å². The molecule has 0 aliphatic heterocycles. The number of nitrogens with two attached hydrogens (primary N) is 1. The van der Waals surface area contributed by atoms with Crippen molar-refractivity contribution in [2.24, 2.45) is 0 Å². The summed E-state index contributed by atoms with van der Waals surface area (Å²) >= 11 is 1.21. The first kappa shape index (κ1) is 15.2. The number of carbonyl (C=O) groups is 1. The van der Waals surface area contributed by atoms with Crippen LogP contribution in [0.5, 0.6) is 5.75 Å². The van der Waals surface area contributed by atoms with Crippen molar-refractivity contribution in [2.45, 2.75) is 6.92 Å². The minimum atomic E-state index is -0.462. The highest BCUT2D eigenvalue weighted by atomic mass is 32.1. The van der Waals surface area contributed by atoms with Crippen molar-refractivity contribution in [3.8, 4) is 17.1 Å². The molecule has 2 N–H and O–H groups in total. The van der Waals surface area contributed by atoms with E-state index in [4.69, 9.17) is 15.2 Å². The predicted octanol–water partition coefficient (Wildman–Crippen LogP) is 3.04. The van der Waals surface area contributed by atoms with E-state index in [2.05, 4.69) is 9.97 Å². The van der Waals surface area contributed by atoms with Crippen LogP contribution in [0.2, 0.25) is 0 Å². The number of aryl methyl sites for hydroxylation is 1. The molecule has 23 heavy (non-hydrogen) atoms. The molecule has 0 fully saturated rings. The number of nitrogen functional groups attached to an aromatic ring is 1. The van der Waals surface area contributed by atoms with Gasteiger partial charge in [-0.1, -0.05) is 0 Å². The number of anilines is 1. The maximum absolute atomic E-state index is 11.8. The number of aromatic nitrogens is 2. The van der Waals surface area contributed by atoms with Gasteiger partial charge in [0.2, 0.25) is 0 Å². The number of hydrogen-bond acceptors (Lipinski definition) is 7. The SMILES string of the molecule is COC(=O)c1sc2nc(-c3ccc(OC)cc3)nc(C)c2c1N. The lowest BCUT2D eigenvalue weighted by molar-refractivity contribution is 0.0607. The van der Waals surface area contributed by atoms with E-state index in [1.165, 1.54) is 18.4 Å². The Kier molecular flexibility index (Phi) is 3.87. The Morgan fingerprint density at radius 1 is 1.17 bits per heavy atom. The van der Waals surface area contributed by atoms with Crippen LogP contribution in [-0.4, -0.2) is 30.2 Å². The fraction of sp³-hybridized carbons (Fsp3) is 0.188. The largest absolute Gasteiger partial charge is 0.497 e. The number of nitrogens with zero attached hydrogens (tertiary/aromatic N) is 2. The van der Waals surface area contributed by atoms with Crippen LogP contribution in [0.3, 0.4) is 0 Å². The van der Waals surface area contributed by atoms with Gasteiger partial charge in [0.05, 0.1) is 31.0 Å². The summed E-state index contributed by atoms with van der Waals surface area (Å²) in [6.45, 7) is 1.85. The molecule has 2 aromatic heterocycles. The molecule has 0 radical (unpaired) electrons. The van der Waals surface area contributed by atoms with Gasteiger partial charge < -0.3 is 15.2 Å². The van der Waals surface area contributed by atoms with Crippen LogP contribution in [-0.2, 0) is 4.74 Å². The number of esters is 1. The highest BCUT2D eigenvalue weighted by molar-refractivity contribution is 7.21. The van der Waals surface area contributed by atoms with E-state index in [0.717, 1.165) is 17.0 Å². The molecule has 118 valence electrons. The molecule has 6 nitrogen and oxygen atoms in total. The monoisotopic (exact) mass is 329 g/mol. The van der Waals surface area contributed by atoms with Crippen LogP contribution >= 0.6 is 11.3 Å². The van der Waals surface area contributed by atoms with Gasteiger partial charge in [0.25, 0.3) is 0 Å². The molecular weight excluding hydrogens is 314 g/mol. The lowest BCUT2D eigenvalue weighted by atomic mass is 10.2. The molecule has 3 rings (SSSR count). The van der Waals surface area contributed by atoms with Gasteiger partial charge in [-0.25, -0.2) is 14.8 Å². The Balaban J connectivity index is 2.15. The lowest BCUT2D eigenvalue weighted by Crippen LogP contribution is -2.02. The van der Waals surface area contributed by atoms with Crippen molar-refractivity contribution in [1.82, 2.24) is 9.97 Å². The van der Waals surface area contributed by atoms with Gasteiger partial charge in [-0.05, 0) is 31.2 Å². The summed E-state index contributed by atoms with van der Waals surface area (Å²) in [7, 11) is 2.94. The van der Waals surface area contributed by atoms with Gasteiger partial charge in [0.1, 0.15) is 15.5 Å². The smallest absolute Gasteiger partial charge is 0.350 e. The summed E-state index contributed by atoms with van der Waals surface area (Å²) in [5.74, 6) is 0.881. The first-order valence-corrected chi connectivity index (χ1v) is 7.66. The molecule has 1 aromatic carbocycles. The lowest BCUT2D eigenvalue weighted by Gasteiger charge is -2.05. The van der Waals surface area contributed by atoms with E-state index in [9.17, 15) is 4.79 Å². The molecule has 0 atom stereocenters. The van der Waals surface area contributed by atoms with Gasteiger partial charge in [0.15, 0.2) is 5.82 Å². The average Bonchev–Trinajstić information content (AvgIpc) is 2.91. The predicted molar refractivity (Wildman–Crippen MR) is 89.9 cm³/mol. The van der Waals surface area contributed by atoms with Crippen LogP contribution in [0.25, 0.3) is 21.6 Å². The summed E-state index contributed by atoms with van der Waals surface area (Å²) in [4.78, 5) is 21.9. The van der Waals surface area contributed by atoms with E-state index < -0.39 is 5.97 Å². The van der Waals surface area contributed by atoms with Crippen molar-refractivity contribution >= 4 is 33.2 Å². The second kappa shape index (κ2) is 5.85. The zero-order valence-corrected chi connectivity index (χ0v) is 13.7. The molecular formula is C16H15N3O3S. The van der Waals surface area contributed by atoms with E-state index in [-0.39, 0.29) is 0 Å². The van der Waals surface area contributed by atoms with Crippen LogP contribution in [0.15, 0.2) is 24.3 Å². The average molecular weight is 329 g/mol. The van der Waals surface area contributed by atoms with Crippen LogP contribution in [0.1, 0.15) is 15.4 Å². The Morgan fingerprint density at radius 3 is 2.48 bits per heavy atom. The standard InChI is InChI=1S/C16H15N3O3S/c1-8-11-12(17)13(16(20)22-3)23-15(11)19-14(18-8)9-4-6-10(21-2)7-5-9/h4-7H,17H2,1-3H3. The molecule has 3 aromatic rings. The normalized spacial score (nSPS) is 10.7. The molecule has 0 amide bonds. The Hall–Kier alpha value is -2.67. The third-order valence-corrected chi connectivity index (χ3v) is 4.57. The number of hydrogen-bond donors (Lipinski definition) is 1. The minimum absolute atomic E-state index is 0.354. The molecule has 0 saturated carbocycles. The van der Waals surface area contributed by atoms with E-state index >= 15 is 0 Å². The topological polar surface area (TPSA) is 87.3 Å². The van der Waals surface area contributed by atoms with Crippen molar-refractivity contribution in [3.05, 3.63) is 34.8 Å². The number of methoxy groups -OCH3 is 2. The molecule has 2 heterocycles. The van der Waals surface area contributed by atoms with Crippen molar-refractivity contribution in [2.75, 3.05) is 20.0 Å². The molecule has 0 spiro atoms. The van der Waals surface area contributed by atoms with Crippen molar-refractivity contribution in [1.29, 1.82) is 0 Å². The Bertz CT molecular complexity index is 888. The molecule has 0 unspecified atom stereocenters. The number of ether oxygens (including phenoxy) is 2. The molecule has 0 aliphatic carbocycles. The maximum Gasteiger partial charge on any atom is 0.350 e. The maximum atomic E-state index is 11.8. The highest BCUT2D eigenvalue weighted by Crippen LogP contribution is 2.35. The molecule has 0 bridgehead atoms. The summed E-state index contributed by atoms with van der Waals surface area (Å²) in [5.41, 5.74) is 8.02. The third kappa shape index (κ3) is 2.59. The zero-order chi connectivity index (χ0) is 16.6. The second-order valence-corrected chi connectivity index (χ2v) is 5.88. The van der Waals surface area contributed by atoms with Crippen molar-refractivity contribution < 1.29 is 14.3 Å². The first-order valence-electron chi connectivity index (χ1n) is 6.84. The Morgan fingerprint density at radius 2 is 1.87 bits per heavy atom. The van der Waals surface area contributed by atoms with Crippen molar-refractivity contribution in [3.63, 3.8) is 0 Å². The van der Waals surface area contributed by atoms with Gasteiger partial charge in [-0.3, -0.25) is 0 Å². The van der Waals surface area contributed by atoms with Gasteiger partial charge in [-0.15, -0.1) is 11.3 Å². The third-order valence-electron chi connectivity index (χ3n) is 3.49. The van der Waals surface area contributed by atoms with E-state index in [1.807, 2.05) is 31.2 Å². The first-order chi connectivity index (χ1) is 11.0. The molecule has 0 saturated heterocycles. The van der Waals surface area contributed by atoms with E-state index in [1.54, 1.807) is 7.11 Å². The number of benzene rings is 1. The second-order valence-electron chi connectivity index (χ2n) is 4.88. The molecule has 0 aliphatic rings. The number of rotatable bonds is 3.